The molecule has 3 heteroatoms. The highest BCUT2D eigenvalue weighted by Crippen LogP contribution is 2.18. The molecule has 0 saturated carbocycles. The van der Waals surface area contributed by atoms with Crippen LogP contribution in [0, 0.1) is 11.5 Å². The van der Waals surface area contributed by atoms with Crippen LogP contribution in [0.3, 0.4) is 0 Å². The zero-order valence-corrected chi connectivity index (χ0v) is 12.4. The van der Waals surface area contributed by atoms with Crippen LogP contribution in [0.15, 0.2) is 30.3 Å². The first-order valence-corrected chi connectivity index (χ1v) is 9.45. The van der Waals surface area contributed by atoms with Crippen LogP contribution >= 0.6 is 0 Å². The van der Waals surface area contributed by atoms with Gasteiger partial charge in [-0.3, -0.25) is 0 Å². The summed E-state index contributed by atoms with van der Waals surface area (Å²) in [5.41, 5.74) is 5.20. The summed E-state index contributed by atoms with van der Waals surface area (Å²) in [6.45, 7) is 6.60. The summed E-state index contributed by atoms with van der Waals surface area (Å²) >= 11 is 0. The van der Waals surface area contributed by atoms with Gasteiger partial charge in [-0.1, -0.05) is 37.7 Å². The number of hydrogen-bond acceptors (Lipinski definition) is 2. The molecule has 0 aromatic heterocycles. The third-order valence-corrected chi connectivity index (χ3v) is 3.14. The Balaban J connectivity index is 3.04. The molecule has 1 rings (SSSR count). The Morgan fingerprint density at radius 2 is 1.89 bits per heavy atom. The van der Waals surface area contributed by atoms with Crippen LogP contribution in [0.2, 0.25) is 19.6 Å². The van der Waals surface area contributed by atoms with E-state index in [2.05, 4.69) is 31.1 Å². The van der Waals surface area contributed by atoms with Gasteiger partial charge in [0.1, 0.15) is 13.8 Å². The van der Waals surface area contributed by atoms with Crippen molar-refractivity contribution in [3.63, 3.8) is 0 Å². The zero-order chi connectivity index (χ0) is 13.6. The van der Waals surface area contributed by atoms with Gasteiger partial charge in [-0.25, -0.2) is 0 Å². The van der Waals surface area contributed by atoms with Gasteiger partial charge in [0.15, 0.2) is 0 Å². The van der Waals surface area contributed by atoms with Crippen molar-refractivity contribution in [3.8, 4) is 17.2 Å². The maximum Gasteiger partial charge on any atom is 0.129 e. The molecule has 96 valence electrons. The summed E-state index contributed by atoms with van der Waals surface area (Å²) in [4.78, 5) is 0. The van der Waals surface area contributed by atoms with Crippen molar-refractivity contribution >= 4 is 13.6 Å². The van der Waals surface area contributed by atoms with Crippen molar-refractivity contribution in [1.29, 1.82) is 0 Å². The van der Waals surface area contributed by atoms with Crippen LogP contribution in [0.25, 0.3) is 5.57 Å². The van der Waals surface area contributed by atoms with E-state index < -0.39 is 8.07 Å². The Morgan fingerprint density at radius 1 is 1.28 bits per heavy atom. The number of allylic oxidation sites excluding steroid dienone is 1. The summed E-state index contributed by atoms with van der Waals surface area (Å²) in [5, 5.41) is 9.07. The highest BCUT2D eigenvalue weighted by atomic mass is 28.3. The van der Waals surface area contributed by atoms with Gasteiger partial charge in [0, 0.05) is 5.57 Å². The number of ether oxygens (including phenoxy) is 1. The smallest absolute Gasteiger partial charge is 0.129 e. The molecule has 0 aliphatic carbocycles. The van der Waals surface area contributed by atoms with Crippen LogP contribution in [0.5, 0.6) is 5.75 Å². The zero-order valence-electron chi connectivity index (χ0n) is 11.4. The van der Waals surface area contributed by atoms with E-state index in [0.29, 0.717) is 0 Å². The number of benzene rings is 1. The lowest BCUT2D eigenvalue weighted by Crippen LogP contribution is -2.16. The molecule has 0 fully saturated rings. The predicted molar refractivity (Wildman–Crippen MR) is 79.2 cm³/mol. The van der Waals surface area contributed by atoms with Gasteiger partial charge in [0.05, 0.1) is 13.7 Å². The van der Waals surface area contributed by atoms with Gasteiger partial charge >= 0.3 is 0 Å². The van der Waals surface area contributed by atoms with Crippen LogP contribution in [-0.2, 0) is 0 Å². The summed E-state index contributed by atoms with van der Waals surface area (Å²) in [6, 6.07) is 7.71. The van der Waals surface area contributed by atoms with Crippen LogP contribution in [0.1, 0.15) is 5.56 Å². The normalized spacial score (nSPS) is 11.7. The van der Waals surface area contributed by atoms with E-state index in [4.69, 9.17) is 9.84 Å². The molecule has 1 aromatic rings. The minimum absolute atomic E-state index is 0.00173. The standard InChI is InChI=1S/C15H20O2Si/c1-17-15-7-5-13(6-8-15)14(9-11-16)10-12-18(2,3)4/h5-9,16H,11H2,1-4H3. The molecule has 2 nitrogen and oxygen atoms in total. The van der Waals surface area contributed by atoms with Gasteiger partial charge in [-0.05, 0) is 23.8 Å². The first-order valence-electron chi connectivity index (χ1n) is 5.95. The summed E-state index contributed by atoms with van der Waals surface area (Å²) in [6.07, 6.45) is 1.74. The summed E-state index contributed by atoms with van der Waals surface area (Å²) < 4.78 is 5.13. The second-order valence-corrected chi connectivity index (χ2v) is 9.78. The molecule has 1 aromatic carbocycles. The first kappa shape index (κ1) is 14.6. The number of aliphatic hydroxyl groups is 1. The minimum atomic E-state index is -1.41. The molecule has 0 radical (unpaired) electrons. The van der Waals surface area contributed by atoms with Crippen molar-refractivity contribution in [2.75, 3.05) is 13.7 Å². The molecule has 0 heterocycles. The highest BCUT2D eigenvalue weighted by molar-refractivity contribution is 6.84. The maximum absolute atomic E-state index is 9.07. The van der Waals surface area contributed by atoms with Crippen molar-refractivity contribution in [2.45, 2.75) is 19.6 Å². The Morgan fingerprint density at radius 3 is 2.33 bits per heavy atom. The van der Waals surface area contributed by atoms with E-state index in [0.717, 1.165) is 16.9 Å². The van der Waals surface area contributed by atoms with E-state index in [1.807, 2.05) is 24.3 Å². The van der Waals surface area contributed by atoms with Gasteiger partial charge in [-0.15, -0.1) is 5.54 Å². The number of aliphatic hydroxyl groups excluding tert-OH is 1. The predicted octanol–water partition coefficient (Wildman–Crippen LogP) is 2.95. The van der Waals surface area contributed by atoms with Crippen LogP contribution in [0.4, 0.5) is 0 Å². The molecule has 1 N–H and O–H groups in total. The fourth-order valence-electron chi connectivity index (χ4n) is 1.36. The Kier molecular flexibility index (Phi) is 5.20. The molecular formula is C15H20O2Si. The molecule has 0 aliphatic heterocycles. The molecule has 18 heavy (non-hydrogen) atoms. The molecule has 0 bridgehead atoms. The largest absolute Gasteiger partial charge is 0.497 e. The fraction of sp³-hybridized carbons (Fsp3) is 0.333. The molecule has 0 unspecified atom stereocenters. The number of rotatable bonds is 3. The van der Waals surface area contributed by atoms with Crippen LogP contribution < -0.4 is 4.74 Å². The van der Waals surface area contributed by atoms with E-state index in [1.165, 1.54) is 0 Å². The van der Waals surface area contributed by atoms with Crippen molar-refractivity contribution in [1.82, 2.24) is 0 Å². The minimum Gasteiger partial charge on any atom is -0.497 e. The van der Waals surface area contributed by atoms with E-state index >= 15 is 0 Å². The second kappa shape index (κ2) is 6.44. The molecule has 0 amide bonds. The topological polar surface area (TPSA) is 29.5 Å². The highest BCUT2D eigenvalue weighted by Gasteiger charge is 2.08. The monoisotopic (exact) mass is 260 g/mol. The number of methoxy groups -OCH3 is 1. The lowest BCUT2D eigenvalue weighted by atomic mass is 10.1. The Bertz CT molecular complexity index is 470. The average Bonchev–Trinajstić information content (AvgIpc) is 2.33. The van der Waals surface area contributed by atoms with E-state index in [1.54, 1.807) is 13.2 Å². The first-order chi connectivity index (χ1) is 8.46. The molecule has 0 spiro atoms. The lowest BCUT2D eigenvalue weighted by Gasteiger charge is -2.06. The van der Waals surface area contributed by atoms with Crippen molar-refractivity contribution in [3.05, 3.63) is 35.9 Å². The fourth-order valence-corrected chi connectivity index (χ4v) is 1.87. The maximum atomic E-state index is 9.07. The molecule has 0 atom stereocenters. The second-order valence-electron chi connectivity index (χ2n) is 5.03. The summed E-state index contributed by atoms with van der Waals surface area (Å²) in [5.74, 6) is 4.01. The van der Waals surface area contributed by atoms with E-state index in [9.17, 15) is 0 Å². The lowest BCUT2D eigenvalue weighted by molar-refractivity contribution is 0.343. The molecule has 0 saturated heterocycles. The Labute approximate surface area is 110 Å². The van der Waals surface area contributed by atoms with Gasteiger partial charge in [-0.2, -0.15) is 0 Å². The van der Waals surface area contributed by atoms with Gasteiger partial charge in [0.2, 0.25) is 0 Å². The third kappa shape index (κ3) is 4.78. The van der Waals surface area contributed by atoms with E-state index in [-0.39, 0.29) is 6.61 Å². The molecule has 0 aliphatic rings. The van der Waals surface area contributed by atoms with Crippen LogP contribution in [-0.4, -0.2) is 26.9 Å². The van der Waals surface area contributed by atoms with Crippen molar-refractivity contribution in [2.24, 2.45) is 0 Å². The SMILES string of the molecule is COc1ccc(C(C#C[Si](C)(C)C)=CCO)cc1. The van der Waals surface area contributed by atoms with Gasteiger partial charge in [0.25, 0.3) is 0 Å². The van der Waals surface area contributed by atoms with Gasteiger partial charge < -0.3 is 9.84 Å². The third-order valence-electron chi connectivity index (χ3n) is 2.27. The summed E-state index contributed by atoms with van der Waals surface area (Å²) in [7, 11) is 0.235. The molecular weight excluding hydrogens is 240 g/mol. The Hall–Kier alpha value is -1.50. The average molecular weight is 260 g/mol. The number of hydrogen-bond donors (Lipinski definition) is 1. The van der Waals surface area contributed by atoms with Crippen molar-refractivity contribution < 1.29 is 9.84 Å². The quantitative estimate of drug-likeness (QED) is 0.669.